The van der Waals surface area contributed by atoms with Gasteiger partial charge >= 0.3 is 0 Å². The summed E-state index contributed by atoms with van der Waals surface area (Å²) in [6.45, 7) is 12.9. The third kappa shape index (κ3) is 3.18. The average Bonchev–Trinajstić information content (AvgIpc) is 2.56. The molecule has 0 amide bonds. The van der Waals surface area contributed by atoms with E-state index in [4.69, 9.17) is 0 Å². The molecule has 1 aromatic heterocycles. The largest absolute Gasteiger partial charge is 0.373 e. The Morgan fingerprint density at radius 3 is 2.62 bits per heavy atom. The summed E-state index contributed by atoms with van der Waals surface area (Å²) in [6.07, 6.45) is 5.89. The third-order valence-corrected chi connectivity index (χ3v) is 4.66. The Bertz CT molecular complexity index is 487. The predicted molar refractivity (Wildman–Crippen MR) is 85.3 cm³/mol. The summed E-state index contributed by atoms with van der Waals surface area (Å²) in [7, 11) is 0. The minimum Gasteiger partial charge on any atom is -0.373 e. The minimum atomic E-state index is 0.626. The number of nitrogens with zero attached hydrogens (tertiary/aromatic N) is 4. The van der Waals surface area contributed by atoms with Gasteiger partial charge in [-0.3, -0.25) is 0 Å². The smallest absolute Gasteiger partial charge is 0.134 e. The van der Waals surface area contributed by atoms with Crippen LogP contribution < -0.4 is 10.2 Å². The predicted octanol–water partition coefficient (Wildman–Crippen LogP) is 1.42. The van der Waals surface area contributed by atoms with E-state index in [9.17, 15) is 0 Å². The van der Waals surface area contributed by atoms with Gasteiger partial charge in [-0.15, -0.1) is 0 Å². The molecular weight excluding hydrogens is 262 g/mol. The molecule has 0 saturated carbocycles. The van der Waals surface area contributed by atoms with Crippen molar-refractivity contribution in [3.63, 3.8) is 0 Å². The van der Waals surface area contributed by atoms with Crippen LogP contribution in [-0.2, 0) is 0 Å². The van der Waals surface area contributed by atoms with Gasteiger partial charge in [-0.2, -0.15) is 0 Å². The van der Waals surface area contributed by atoms with Crippen molar-refractivity contribution in [2.24, 2.45) is 5.92 Å². The molecule has 2 aliphatic heterocycles. The number of hydrogen-bond donors (Lipinski definition) is 1. The first-order chi connectivity index (χ1) is 10.3. The van der Waals surface area contributed by atoms with Crippen LogP contribution in [0.2, 0.25) is 0 Å². The summed E-state index contributed by atoms with van der Waals surface area (Å²) >= 11 is 0. The number of aryl methyl sites for hydroxylation is 1. The van der Waals surface area contributed by atoms with Crippen LogP contribution in [-0.4, -0.2) is 54.1 Å². The highest BCUT2D eigenvalue weighted by Gasteiger charge is 2.26. The van der Waals surface area contributed by atoms with Crippen molar-refractivity contribution < 1.29 is 0 Å². The fourth-order valence-corrected chi connectivity index (χ4v) is 3.36. The van der Waals surface area contributed by atoms with Gasteiger partial charge in [0, 0.05) is 62.6 Å². The second kappa shape index (κ2) is 6.43. The molecule has 1 aromatic rings. The Balaban J connectivity index is 1.57. The van der Waals surface area contributed by atoms with E-state index < -0.39 is 0 Å². The maximum absolute atomic E-state index is 4.44. The molecule has 114 valence electrons. The summed E-state index contributed by atoms with van der Waals surface area (Å²) in [6, 6.07) is 0. The molecule has 3 rings (SSSR count). The van der Waals surface area contributed by atoms with Crippen molar-refractivity contribution in [1.29, 1.82) is 0 Å². The topological polar surface area (TPSA) is 44.3 Å². The molecule has 2 saturated heterocycles. The molecule has 5 heteroatoms. The van der Waals surface area contributed by atoms with Crippen molar-refractivity contribution >= 4 is 5.82 Å². The number of nitrogens with one attached hydrogen (secondary N) is 1. The minimum absolute atomic E-state index is 0.626. The van der Waals surface area contributed by atoms with Gasteiger partial charge in [0.25, 0.3) is 0 Å². The van der Waals surface area contributed by atoms with Gasteiger partial charge in [0.05, 0.1) is 0 Å². The summed E-state index contributed by atoms with van der Waals surface area (Å²) < 4.78 is 0. The molecule has 0 aromatic carbocycles. The van der Waals surface area contributed by atoms with Crippen LogP contribution in [0.3, 0.4) is 0 Å². The van der Waals surface area contributed by atoms with Crippen LogP contribution in [0, 0.1) is 12.8 Å². The first-order valence-electron chi connectivity index (χ1n) is 7.91. The molecule has 0 radical (unpaired) electrons. The number of piperazine rings is 1. The second-order valence-electron chi connectivity index (χ2n) is 6.02. The lowest BCUT2D eigenvalue weighted by molar-refractivity contribution is 0.253. The van der Waals surface area contributed by atoms with Gasteiger partial charge in [0.1, 0.15) is 12.1 Å². The first-order valence-corrected chi connectivity index (χ1v) is 7.91. The van der Waals surface area contributed by atoms with E-state index in [1.807, 2.05) is 6.20 Å². The van der Waals surface area contributed by atoms with Crippen LogP contribution in [0.25, 0.3) is 0 Å². The zero-order chi connectivity index (χ0) is 14.7. The van der Waals surface area contributed by atoms with Crippen molar-refractivity contribution in [1.82, 2.24) is 20.2 Å². The molecule has 0 bridgehead atoms. The molecule has 5 nitrogen and oxygen atoms in total. The van der Waals surface area contributed by atoms with Crippen LogP contribution in [0.5, 0.6) is 0 Å². The molecular formula is C16H25N5. The molecule has 2 fully saturated rings. The Kier molecular flexibility index (Phi) is 4.39. The molecule has 3 heterocycles. The Labute approximate surface area is 127 Å². The Morgan fingerprint density at radius 1 is 1.24 bits per heavy atom. The second-order valence-corrected chi connectivity index (χ2v) is 6.02. The zero-order valence-electron chi connectivity index (χ0n) is 12.9. The number of rotatable bonds is 3. The molecule has 2 aliphatic rings. The average molecular weight is 287 g/mol. The fraction of sp³-hybridized carbons (Fsp3) is 0.625. The summed E-state index contributed by atoms with van der Waals surface area (Å²) in [5.41, 5.74) is 2.51. The monoisotopic (exact) mass is 287 g/mol. The van der Waals surface area contributed by atoms with Gasteiger partial charge < -0.3 is 15.1 Å². The fourth-order valence-electron chi connectivity index (χ4n) is 3.36. The van der Waals surface area contributed by atoms with E-state index in [1.54, 1.807) is 6.33 Å². The number of piperidine rings is 1. The first kappa shape index (κ1) is 14.3. The third-order valence-electron chi connectivity index (χ3n) is 4.66. The maximum Gasteiger partial charge on any atom is 0.134 e. The molecule has 0 spiro atoms. The molecule has 0 aliphatic carbocycles. The van der Waals surface area contributed by atoms with E-state index in [2.05, 4.69) is 38.6 Å². The zero-order valence-corrected chi connectivity index (χ0v) is 12.9. The lowest BCUT2D eigenvalue weighted by atomic mass is 9.92. The van der Waals surface area contributed by atoms with Gasteiger partial charge in [-0.05, 0) is 19.8 Å². The van der Waals surface area contributed by atoms with E-state index >= 15 is 0 Å². The standard InChI is InChI=1S/C16H25N5/c1-13-11-18-12-19-16(13)21-7-3-15(4-8-21)14(2)20-9-5-17-6-10-20/h11-12,15,17H,2-10H2,1H3. The van der Waals surface area contributed by atoms with E-state index in [0.717, 1.165) is 50.6 Å². The molecule has 0 atom stereocenters. The van der Waals surface area contributed by atoms with Gasteiger partial charge in [0.2, 0.25) is 0 Å². The van der Waals surface area contributed by atoms with Crippen LogP contribution in [0.15, 0.2) is 24.8 Å². The maximum atomic E-state index is 4.44. The summed E-state index contributed by atoms with van der Waals surface area (Å²) in [5.74, 6) is 1.72. The van der Waals surface area contributed by atoms with Crippen LogP contribution in [0.4, 0.5) is 5.82 Å². The van der Waals surface area contributed by atoms with Gasteiger partial charge in [0.15, 0.2) is 0 Å². The highest BCUT2D eigenvalue weighted by atomic mass is 15.2. The highest BCUT2D eigenvalue weighted by molar-refractivity contribution is 5.44. The van der Waals surface area contributed by atoms with Crippen molar-refractivity contribution in [2.45, 2.75) is 19.8 Å². The lowest BCUT2D eigenvalue weighted by Gasteiger charge is -2.39. The van der Waals surface area contributed by atoms with Gasteiger partial charge in [-0.1, -0.05) is 6.58 Å². The summed E-state index contributed by atoms with van der Waals surface area (Å²) in [4.78, 5) is 13.4. The van der Waals surface area contributed by atoms with Crippen LogP contribution in [0.1, 0.15) is 18.4 Å². The SMILES string of the molecule is C=C(C1CCN(c2ncncc2C)CC1)N1CCNCC1. The van der Waals surface area contributed by atoms with E-state index in [-0.39, 0.29) is 0 Å². The van der Waals surface area contributed by atoms with E-state index in [0.29, 0.717) is 5.92 Å². The number of aromatic nitrogens is 2. The highest BCUT2D eigenvalue weighted by Crippen LogP contribution is 2.29. The quantitative estimate of drug-likeness (QED) is 0.911. The number of allylic oxidation sites excluding steroid dienone is 1. The van der Waals surface area contributed by atoms with Gasteiger partial charge in [-0.25, -0.2) is 9.97 Å². The van der Waals surface area contributed by atoms with Crippen molar-refractivity contribution in [3.05, 3.63) is 30.4 Å². The molecule has 21 heavy (non-hydrogen) atoms. The normalized spacial score (nSPS) is 20.6. The molecule has 0 unspecified atom stereocenters. The molecule has 1 N–H and O–H groups in total. The van der Waals surface area contributed by atoms with E-state index in [1.165, 1.54) is 18.5 Å². The van der Waals surface area contributed by atoms with Crippen molar-refractivity contribution in [3.8, 4) is 0 Å². The number of hydrogen-bond acceptors (Lipinski definition) is 5. The Hall–Kier alpha value is -1.62. The Morgan fingerprint density at radius 2 is 1.95 bits per heavy atom. The summed E-state index contributed by atoms with van der Waals surface area (Å²) in [5, 5.41) is 3.40. The lowest BCUT2D eigenvalue weighted by Crippen LogP contribution is -2.45. The number of anilines is 1. The van der Waals surface area contributed by atoms with Crippen molar-refractivity contribution in [2.75, 3.05) is 44.2 Å². The van der Waals surface area contributed by atoms with Crippen LogP contribution >= 0.6 is 0 Å².